The molecule has 15 heteroatoms. The number of halogens is 3. The molecular weight excluding hydrogens is 509 g/mol. The van der Waals surface area contributed by atoms with Crippen molar-refractivity contribution in [1.29, 1.82) is 0 Å². The summed E-state index contributed by atoms with van der Waals surface area (Å²) >= 11 is 0. The number of alkyl halides is 3. The van der Waals surface area contributed by atoms with Crippen molar-refractivity contribution in [2.24, 2.45) is 0 Å². The summed E-state index contributed by atoms with van der Waals surface area (Å²) in [6, 6.07) is 4.68. The number of carbonyl (C=O) groups is 3. The molecule has 1 heterocycles. The quantitative estimate of drug-likeness (QED) is 0.405. The Morgan fingerprint density at radius 3 is 1.97 bits per heavy atom. The van der Waals surface area contributed by atoms with Gasteiger partial charge in [-0.15, -0.1) is 0 Å². The topological polar surface area (TPSA) is 156 Å². The zero-order valence-corrected chi connectivity index (χ0v) is 21.2. The predicted octanol–water partition coefficient (Wildman–Crippen LogP) is 1.82. The molecule has 2 rings (SSSR count). The SMILES string of the molecule is CCS(=O)(=O)Nc1ccc(N2CCN(CC(=O)NC(C)(C)C)CC2)cc1C(=O)O.O=C(O)C(F)(F)F. The number of aromatic carboxylic acids is 1. The van der Waals surface area contributed by atoms with Gasteiger partial charge in [0.05, 0.1) is 23.5 Å². The van der Waals surface area contributed by atoms with Crippen LogP contribution in [-0.2, 0) is 19.6 Å². The van der Waals surface area contributed by atoms with Gasteiger partial charge in [0.2, 0.25) is 15.9 Å². The fourth-order valence-electron chi connectivity index (χ4n) is 3.06. The minimum atomic E-state index is -5.08. The molecule has 0 aliphatic carbocycles. The van der Waals surface area contributed by atoms with Gasteiger partial charge in [-0.25, -0.2) is 18.0 Å². The van der Waals surface area contributed by atoms with Crippen LogP contribution in [-0.4, -0.2) is 91.6 Å². The highest BCUT2D eigenvalue weighted by Crippen LogP contribution is 2.25. The average Bonchev–Trinajstić information content (AvgIpc) is 2.72. The molecule has 1 aromatic rings. The molecule has 0 bridgehead atoms. The van der Waals surface area contributed by atoms with E-state index in [-0.39, 0.29) is 28.4 Å². The highest BCUT2D eigenvalue weighted by atomic mass is 32.2. The van der Waals surface area contributed by atoms with Crippen LogP contribution in [0.25, 0.3) is 0 Å². The third-order valence-electron chi connectivity index (χ3n) is 4.74. The summed E-state index contributed by atoms with van der Waals surface area (Å²) in [6.07, 6.45) is -5.08. The summed E-state index contributed by atoms with van der Waals surface area (Å²) in [5, 5.41) is 19.6. The van der Waals surface area contributed by atoms with Crippen LogP contribution >= 0.6 is 0 Å². The summed E-state index contributed by atoms with van der Waals surface area (Å²) in [5.41, 5.74) is 0.403. The maximum Gasteiger partial charge on any atom is 0.490 e. The van der Waals surface area contributed by atoms with Crippen LogP contribution in [0.1, 0.15) is 38.1 Å². The first kappa shape index (κ1) is 31.0. The first-order chi connectivity index (χ1) is 16.3. The fraction of sp³-hybridized carbons (Fsp3) is 0.571. The summed E-state index contributed by atoms with van der Waals surface area (Å²) in [6.45, 7) is 10.2. The lowest BCUT2D eigenvalue weighted by molar-refractivity contribution is -0.192. The van der Waals surface area contributed by atoms with Gasteiger partial charge in [0.25, 0.3) is 0 Å². The Labute approximate surface area is 207 Å². The molecule has 1 aliphatic heterocycles. The highest BCUT2D eigenvalue weighted by Gasteiger charge is 2.38. The maximum absolute atomic E-state index is 12.1. The molecule has 11 nitrogen and oxygen atoms in total. The Balaban J connectivity index is 0.000000809. The number of anilines is 2. The van der Waals surface area contributed by atoms with Crippen LogP contribution in [0.2, 0.25) is 0 Å². The van der Waals surface area contributed by atoms with E-state index in [0.717, 1.165) is 0 Å². The number of nitrogens with zero attached hydrogens (tertiary/aromatic N) is 2. The monoisotopic (exact) mass is 540 g/mol. The summed E-state index contributed by atoms with van der Waals surface area (Å²) in [7, 11) is -3.57. The van der Waals surface area contributed by atoms with E-state index in [9.17, 15) is 36.3 Å². The number of carbonyl (C=O) groups excluding carboxylic acids is 1. The maximum atomic E-state index is 12.1. The summed E-state index contributed by atoms with van der Waals surface area (Å²) in [5.74, 6) is -4.12. The normalized spacial score (nSPS) is 14.9. The summed E-state index contributed by atoms with van der Waals surface area (Å²) < 4.78 is 57.6. The van der Waals surface area contributed by atoms with Crippen molar-refractivity contribution in [3.63, 3.8) is 0 Å². The van der Waals surface area contributed by atoms with Gasteiger partial charge in [-0.05, 0) is 45.9 Å². The van der Waals surface area contributed by atoms with Gasteiger partial charge in [-0.1, -0.05) is 0 Å². The number of sulfonamides is 1. The van der Waals surface area contributed by atoms with E-state index < -0.39 is 28.1 Å². The predicted molar refractivity (Wildman–Crippen MR) is 127 cm³/mol. The van der Waals surface area contributed by atoms with Gasteiger partial charge in [-0.3, -0.25) is 14.4 Å². The molecule has 1 aromatic carbocycles. The average molecular weight is 541 g/mol. The molecule has 0 saturated carbocycles. The Morgan fingerprint density at radius 2 is 1.56 bits per heavy atom. The first-order valence-electron chi connectivity index (χ1n) is 10.8. The molecule has 1 fully saturated rings. The van der Waals surface area contributed by atoms with Gasteiger partial charge in [-0.2, -0.15) is 13.2 Å². The number of amides is 1. The number of carboxylic acid groups (broad SMARTS) is 2. The van der Waals surface area contributed by atoms with E-state index in [4.69, 9.17) is 9.90 Å². The van der Waals surface area contributed by atoms with Crippen LogP contribution < -0.4 is 14.9 Å². The van der Waals surface area contributed by atoms with Crippen molar-refractivity contribution < 1.29 is 46.2 Å². The van der Waals surface area contributed by atoms with Crippen LogP contribution in [0.3, 0.4) is 0 Å². The molecule has 1 saturated heterocycles. The van der Waals surface area contributed by atoms with Gasteiger partial charge in [0, 0.05) is 37.4 Å². The zero-order valence-electron chi connectivity index (χ0n) is 20.3. The lowest BCUT2D eigenvalue weighted by Gasteiger charge is -2.36. The molecule has 1 aliphatic rings. The lowest BCUT2D eigenvalue weighted by atomic mass is 10.1. The molecule has 204 valence electrons. The molecule has 4 N–H and O–H groups in total. The van der Waals surface area contributed by atoms with E-state index in [1.54, 1.807) is 6.07 Å². The van der Waals surface area contributed by atoms with Crippen molar-refractivity contribution >= 4 is 39.2 Å². The molecular formula is C21H31F3N4O7S. The van der Waals surface area contributed by atoms with Gasteiger partial charge in [0.15, 0.2) is 0 Å². The molecule has 0 spiro atoms. The van der Waals surface area contributed by atoms with Gasteiger partial charge >= 0.3 is 18.1 Å². The van der Waals surface area contributed by atoms with Crippen molar-refractivity contribution in [3.05, 3.63) is 23.8 Å². The van der Waals surface area contributed by atoms with Crippen molar-refractivity contribution in [1.82, 2.24) is 10.2 Å². The van der Waals surface area contributed by atoms with Crippen molar-refractivity contribution in [2.75, 3.05) is 48.1 Å². The Hall–Kier alpha value is -3.07. The summed E-state index contributed by atoms with van der Waals surface area (Å²) in [4.78, 5) is 36.7. The first-order valence-corrected chi connectivity index (χ1v) is 12.5. The Kier molecular flexibility index (Phi) is 10.5. The second kappa shape index (κ2) is 12.3. The largest absolute Gasteiger partial charge is 0.490 e. The second-order valence-electron chi connectivity index (χ2n) is 8.90. The lowest BCUT2D eigenvalue weighted by Crippen LogP contribution is -2.51. The zero-order chi connectivity index (χ0) is 27.9. The number of rotatable bonds is 7. The fourth-order valence-corrected chi connectivity index (χ4v) is 3.72. The minimum Gasteiger partial charge on any atom is -0.478 e. The van der Waals surface area contributed by atoms with Crippen LogP contribution in [0.5, 0.6) is 0 Å². The van der Waals surface area contributed by atoms with E-state index in [1.165, 1.54) is 19.1 Å². The van der Waals surface area contributed by atoms with Crippen LogP contribution in [0.4, 0.5) is 24.5 Å². The molecule has 0 atom stereocenters. The van der Waals surface area contributed by atoms with E-state index in [1.807, 2.05) is 25.7 Å². The third-order valence-corrected chi connectivity index (χ3v) is 6.03. The molecule has 36 heavy (non-hydrogen) atoms. The van der Waals surface area contributed by atoms with Gasteiger partial charge < -0.3 is 20.4 Å². The Bertz CT molecular complexity index is 1050. The second-order valence-corrected chi connectivity index (χ2v) is 10.9. The van der Waals surface area contributed by atoms with E-state index in [2.05, 4.69) is 14.9 Å². The standard InChI is InChI=1S/C19H30N4O5S.C2HF3O2/c1-5-29(27,28)21-16-7-6-14(12-15(16)18(25)26)23-10-8-22(9-11-23)13-17(24)20-19(2,3)4;3-2(4,5)1(6)7/h6-7,12,21H,5,8-11,13H2,1-4H3,(H,20,24)(H,25,26);(H,6,7). The Morgan fingerprint density at radius 1 is 1.03 bits per heavy atom. The number of benzene rings is 1. The van der Waals surface area contributed by atoms with Gasteiger partial charge in [0.1, 0.15) is 0 Å². The minimum absolute atomic E-state index is 0.0216. The number of aliphatic carboxylic acids is 1. The smallest absolute Gasteiger partial charge is 0.478 e. The molecule has 0 aromatic heterocycles. The van der Waals surface area contributed by atoms with E-state index >= 15 is 0 Å². The number of piperazine rings is 1. The molecule has 0 radical (unpaired) electrons. The van der Waals surface area contributed by atoms with Crippen molar-refractivity contribution in [3.8, 4) is 0 Å². The molecule has 0 unspecified atom stereocenters. The third kappa shape index (κ3) is 10.7. The number of carboxylic acids is 2. The number of hydrogen-bond donors (Lipinski definition) is 4. The van der Waals surface area contributed by atoms with E-state index in [0.29, 0.717) is 38.4 Å². The number of hydrogen-bond acceptors (Lipinski definition) is 7. The van der Waals surface area contributed by atoms with Crippen molar-refractivity contribution in [2.45, 2.75) is 39.4 Å². The molecule has 1 amide bonds. The van der Waals surface area contributed by atoms with Crippen LogP contribution in [0, 0.1) is 0 Å². The number of nitrogens with one attached hydrogen (secondary N) is 2. The highest BCUT2D eigenvalue weighted by molar-refractivity contribution is 7.92. The van der Waals surface area contributed by atoms with Crippen LogP contribution in [0.15, 0.2) is 18.2 Å².